The van der Waals surface area contributed by atoms with Crippen LogP contribution in [0.25, 0.3) is 0 Å². The van der Waals surface area contributed by atoms with Crippen LogP contribution in [0.3, 0.4) is 0 Å². The van der Waals surface area contributed by atoms with Crippen LogP contribution < -0.4 is 5.32 Å². The summed E-state index contributed by atoms with van der Waals surface area (Å²) >= 11 is 0. The second-order valence-electron chi connectivity index (χ2n) is 7.97. The van der Waals surface area contributed by atoms with E-state index in [1.807, 2.05) is 12.1 Å². The molecule has 3 nitrogen and oxygen atoms in total. The standard InChI is InChI=1S/C24H37NO2/c1-2-3-4-5-6-7-8-9-10-11-12-13-14-15-17-20-18-16-19-21-22(20)24(27)25-23(21)26/h16,18-19H,2-15,17H2,1H3,(H,25,26,27). The predicted molar refractivity (Wildman–Crippen MR) is 112 cm³/mol. The second-order valence-corrected chi connectivity index (χ2v) is 7.97. The molecule has 0 unspecified atom stereocenters. The molecule has 0 saturated heterocycles. The Morgan fingerprint density at radius 2 is 1.19 bits per heavy atom. The third kappa shape index (κ3) is 7.48. The highest BCUT2D eigenvalue weighted by Crippen LogP contribution is 2.22. The number of fused-ring (bicyclic) bond motifs is 1. The van der Waals surface area contributed by atoms with Gasteiger partial charge in [0.2, 0.25) is 0 Å². The van der Waals surface area contributed by atoms with E-state index in [-0.39, 0.29) is 11.8 Å². The summed E-state index contributed by atoms with van der Waals surface area (Å²) in [6.45, 7) is 2.27. The van der Waals surface area contributed by atoms with Crippen LogP contribution in [0, 0.1) is 0 Å². The molecule has 1 aromatic carbocycles. The zero-order chi connectivity index (χ0) is 19.3. The number of benzene rings is 1. The molecule has 0 saturated carbocycles. The van der Waals surface area contributed by atoms with Crippen molar-refractivity contribution in [1.82, 2.24) is 5.32 Å². The summed E-state index contributed by atoms with van der Waals surface area (Å²) in [5.41, 5.74) is 2.18. The van der Waals surface area contributed by atoms with Crippen LogP contribution in [0.15, 0.2) is 18.2 Å². The minimum absolute atomic E-state index is 0.226. The Kier molecular flexibility index (Phi) is 10.2. The summed E-state index contributed by atoms with van der Waals surface area (Å²) < 4.78 is 0. The number of imide groups is 1. The highest BCUT2D eigenvalue weighted by molar-refractivity contribution is 6.22. The van der Waals surface area contributed by atoms with Crippen molar-refractivity contribution in [3.63, 3.8) is 0 Å². The lowest BCUT2D eigenvalue weighted by Crippen LogP contribution is -2.20. The number of aryl methyl sites for hydroxylation is 1. The van der Waals surface area contributed by atoms with E-state index in [1.54, 1.807) is 6.07 Å². The van der Waals surface area contributed by atoms with Crippen molar-refractivity contribution >= 4 is 11.8 Å². The van der Waals surface area contributed by atoms with Gasteiger partial charge in [-0.15, -0.1) is 0 Å². The van der Waals surface area contributed by atoms with Gasteiger partial charge >= 0.3 is 0 Å². The first-order valence-corrected chi connectivity index (χ1v) is 11.2. The lowest BCUT2D eigenvalue weighted by atomic mass is 9.97. The molecule has 0 atom stereocenters. The maximum atomic E-state index is 11.9. The predicted octanol–water partition coefficient (Wildman–Crippen LogP) is 6.59. The van der Waals surface area contributed by atoms with Crippen LogP contribution in [-0.4, -0.2) is 11.8 Å². The van der Waals surface area contributed by atoms with Crippen LogP contribution in [0.2, 0.25) is 0 Å². The Bertz CT molecular complexity index is 594. The second kappa shape index (κ2) is 12.7. The van der Waals surface area contributed by atoms with Gasteiger partial charge in [-0.3, -0.25) is 14.9 Å². The van der Waals surface area contributed by atoms with Gasteiger partial charge < -0.3 is 0 Å². The molecule has 1 aliphatic heterocycles. The normalized spacial score (nSPS) is 13.1. The molecule has 1 heterocycles. The minimum Gasteiger partial charge on any atom is -0.288 e. The molecule has 150 valence electrons. The van der Waals surface area contributed by atoms with E-state index in [9.17, 15) is 9.59 Å². The van der Waals surface area contributed by atoms with Crippen LogP contribution in [0.4, 0.5) is 0 Å². The smallest absolute Gasteiger partial charge is 0.259 e. The van der Waals surface area contributed by atoms with Crippen LogP contribution in [-0.2, 0) is 6.42 Å². The molecule has 3 heteroatoms. The first-order chi connectivity index (χ1) is 13.2. The Balaban J connectivity index is 1.46. The lowest BCUT2D eigenvalue weighted by Gasteiger charge is -2.06. The maximum absolute atomic E-state index is 11.9. The lowest BCUT2D eigenvalue weighted by molar-refractivity contribution is 0.0879. The van der Waals surface area contributed by atoms with Gasteiger partial charge in [-0.1, -0.05) is 103 Å². The topological polar surface area (TPSA) is 46.2 Å². The highest BCUT2D eigenvalue weighted by Gasteiger charge is 2.28. The summed E-state index contributed by atoms with van der Waals surface area (Å²) in [4.78, 5) is 23.6. The average Bonchev–Trinajstić information content (AvgIpc) is 2.97. The number of hydrogen-bond donors (Lipinski definition) is 1. The number of hydrogen-bond acceptors (Lipinski definition) is 2. The van der Waals surface area contributed by atoms with Crippen molar-refractivity contribution in [2.75, 3.05) is 0 Å². The molecule has 1 aliphatic rings. The van der Waals surface area contributed by atoms with Crippen molar-refractivity contribution in [3.05, 3.63) is 34.9 Å². The molecular weight excluding hydrogens is 334 g/mol. The van der Waals surface area contributed by atoms with Gasteiger partial charge in [0.1, 0.15) is 0 Å². The van der Waals surface area contributed by atoms with E-state index in [0.717, 1.165) is 18.4 Å². The Morgan fingerprint density at radius 3 is 1.74 bits per heavy atom. The molecule has 1 aromatic rings. The number of carbonyl (C=O) groups excluding carboxylic acids is 2. The monoisotopic (exact) mass is 371 g/mol. The molecule has 0 aliphatic carbocycles. The number of rotatable bonds is 15. The Hall–Kier alpha value is -1.64. The third-order valence-corrected chi connectivity index (χ3v) is 5.65. The van der Waals surface area contributed by atoms with E-state index in [0.29, 0.717) is 11.1 Å². The van der Waals surface area contributed by atoms with Crippen molar-refractivity contribution in [2.45, 2.75) is 103 Å². The van der Waals surface area contributed by atoms with E-state index in [2.05, 4.69) is 12.2 Å². The van der Waals surface area contributed by atoms with Gasteiger partial charge in [0, 0.05) is 0 Å². The fourth-order valence-electron chi connectivity index (χ4n) is 4.01. The van der Waals surface area contributed by atoms with Gasteiger partial charge in [-0.05, 0) is 24.5 Å². The zero-order valence-electron chi connectivity index (χ0n) is 17.2. The first kappa shape index (κ1) is 21.7. The summed E-state index contributed by atoms with van der Waals surface area (Å²) in [5.74, 6) is -0.478. The molecule has 0 fully saturated rings. The Morgan fingerprint density at radius 1 is 0.667 bits per heavy atom. The molecule has 27 heavy (non-hydrogen) atoms. The molecule has 2 amide bonds. The van der Waals surface area contributed by atoms with Crippen molar-refractivity contribution in [2.24, 2.45) is 0 Å². The summed E-state index contributed by atoms with van der Waals surface area (Å²) in [6, 6.07) is 5.61. The third-order valence-electron chi connectivity index (χ3n) is 5.65. The molecular formula is C24H37NO2. The summed E-state index contributed by atoms with van der Waals surface area (Å²) in [6.07, 6.45) is 19.7. The minimum atomic E-state index is -0.252. The molecule has 0 bridgehead atoms. The van der Waals surface area contributed by atoms with Gasteiger partial charge in [0.25, 0.3) is 11.8 Å². The van der Waals surface area contributed by atoms with Crippen molar-refractivity contribution < 1.29 is 9.59 Å². The number of carbonyl (C=O) groups is 2. The Labute approximate surface area is 165 Å². The quantitative estimate of drug-likeness (QED) is 0.279. The molecule has 0 aromatic heterocycles. The summed E-state index contributed by atoms with van der Waals surface area (Å²) in [7, 11) is 0. The van der Waals surface area contributed by atoms with Crippen LogP contribution >= 0.6 is 0 Å². The fourth-order valence-corrected chi connectivity index (χ4v) is 4.01. The zero-order valence-corrected chi connectivity index (χ0v) is 17.2. The molecule has 2 rings (SSSR count). The first-order valence-electron chi connectivity index (χ1n) is 11.2. The van der Waals surface area contributed by atoms with E-state index in [4.69, 9.17) is 0 Å². The summed E-state index contributed by atoms with van der Waals surface area (Å²) in [5, 5.41) is 2.40. The SMILES string of the molecule is CCCCCCCCCCCCCCCCc1cccc2c1C(=O)NC2=O. The van der Waals surface area contributed by atoms with Crippen molar-refractivity contribution in [1.29, 1.82) is 0 Å². The maximum Gasteiger partial charge on any atom is 0.259 e. The fraction of sp³-hybridized carbons (Fsp3) is 0.667. The van der Waals surface area contributed by atoms with Gasteiger partial charge in [-0.2, -0.15) is 0 Å². The molecule has 1 N–H and O–H groups in total. The number of unbranched alkanes of at least 4 members (excludes halogenated alkanes) is 13. The van der Waals surface area contributed by atoms with Gasteiger partial charge in [0.15, 0.2) is 0 Å². The van der Waals surface area contributed by atoms with Crippen LogP contribution in [0.1, 0.15) is 123 Å². The van der Waals surface area contributed by atoms with Gasteiger partial charge in [-0.25, -0.2) is 0 Å². The van der Waals surface area contributed by atoms with Crippen LogP contribution in [0.5, 0.6) is 0 Å². The highest BCUT2D eigenvalue weighted by atomic mass is 16.2. The van der Waals surface area contributed by atoms with E-state index >= 15 is 0 Å². The van der Waals surface area contributed by atoms with E-state index < -0.39 is 0 Å². The van der Waals surface area contributed by atoms with Crippen molar-refractivity contribution in [3.8, 4) is 0 Å². The molecule has 0 radical (unpaired) electrons. The number of amides is 2. The average molecular weight is 372 g/mol. The van der Waals surface area contributed by atoms with Gasteiger partial charge in [0.05, 0.1) is 11.1 Å². The molecule has 0 spiro atoms. The number of nitrogens with one attached hydrogen (secondary N) is 1. The van der Waals surface area contributed by atoms with E-state index in [1.165, 1.54) is 83.5 Å². The largest absolute Gasteiger partial charge is 0.288 e.